The van der Waals surface area contributed by atoms with E-state index in [4.69, 9.17) is 0 Å². The van der Waals surface area contributed by atoms with Gasteiger partial charge in [0, 0.05) is 18.2 Å². The van der Waals surface area contributed by atoms with Crippen LogP contribution in [0.15, 0.2) is 60.2 Å². The molecular weight excluding hydrogens is 296 g/mol. The van der Waals surface area contributed by atoms with Crippen molar-refractivity contribution < 1.29 is 14.7 Å². The molecule has 22 heavy (non-hydrogen) atoms. The van der Waals surface area contributed by atoms with E-state index in [9.17, 15) is 14.7 Å². The zero-order chi connectivity index (χ0) is 15.9. The van der Waals surface area contributed by atoms with E-state index in [-0.39, 0.29) is 16.4 Å². The highest BCUT2D eigenvalue weighted by molar-refractivity contribution is 8.13. The number of carbonyl (C=O) groups is 2. The molecular formula is C18H16O3S. The highest BCUT2D eigenvalue weighted by Gasteiger charge is 2.09. The summed E-state index contributed by atoms with van der Waals surface area (Å²) in [7, 11) is 0. The number of carboxylic acids is 1. The molecule has 0 spiro atoms. The fourth-order valence-corrected chi connectivity index (χ4v) is 2.51. The van der Waals surface area contributed by atoms with Crippen molar-refractivity contribution in [2.24, 2.45) is 0 Å². The number of carboxylic acid groups (broad SMARTS) is 1. The Hall–Kier alpha value is -2.33. The van der Waals surface area contributed by atoms with Crippen molar-refractivity contribution in [2.75, 3.05) is 5.75 Å². The third-order valence-electron chi connectivity index (χ3n) is 3.06. The zero-order valence-electron chi connectivity index (χ0n) is 12.2. The zero-order valence-corrected chi connectivity index (χ0v) is 13.0. The molecule has 0 aliphatic heterocycles. The van der Waals surface area contributed by atoms with Crippen LogP contribution in [0.2, 0.25) is 0 Å². The van der Waals surface area contributed by atoms with Gasteiger partial charge in [0.25, 0.3) is 0 Å². The van der Waals surface area contributed by atoms with E-state index >= 15 is 0 Å². The van der Waals surface area contributed by atoms with Gasteiger partial charge < -0.3 is 5.11 Å². The Kier molecular flexibility index (Phi) is 5.55. The van der Waals surface area contributed by atoms with Gasteiger partial charge in [-0.25, -0.2) is 4.79 Å². The molecule has 3 nitrogen and oxygen atoms in total. The van der Waals surface area contributed by atoms with Crippen molar-refractivity contribution in [1.29, 1.82) is 0 Å². The molecule has 0 unspecified atom stereocenters. The Morgan fingerprint density at radius 2 is 1.59 bits per heavy atom. The van der Waals surface area contributed by atoms with Gasteiger partial charge in [-0.2, -0.15) is 0 Å². The smallest absolute Gasteiger partial charge is 0.332 e. The molecule has 4 heteroatoms. The van der Waals surface area contributed by atoms with Gasteiger partial charge in [0.05, 0.1) is 0 Å². The van der Waals surface area contributed by atoms with E-state index in [0.717, 1.165) is 28.5 Å². The maximum atomic E-state index is 11.2. The number of benzene rings is 2. The number of aliphatic carboxylic acids is 1. The van der Waals surface area contributed by atoms with Crippen LogP contribution in [0.1, 0.15) is 12.5 Å². The average molecular weight is 312 g/mol. The first-order chi connectivity index (χ1) is 10.6. The molecule has 2 rings (SSSR count). The van der Waals surface area contributed by atoms with Crippen molar-refractivity contribution in [1.82, 2.24) is 0 Å². The summed E-state index contributed by atoms with van der Waals surface area (Å²) in [5, 5.41) is 9.10. The topological polar surface area (TPSA) is 54.4 Å². The second kappa shape index (κ2) is 7.61. The molecule has 112 valence electrons. The van der Waals surface area contributed by atoms with Crippen molar-refractivity contribution in [3.63, 3.8) is 0 Å². The molecule has 0 aliphatic carbocycles. The number of rotatable bonds is 5. The highest BCUT2D eigenvalue weighted by Crippen LogP contribution is 2.21. The van der Waals surface area contributed by atoms with Gasteiger partial charge >= 0.3 is 5.97 Å². The standard InChI is InChI=1S/C18H16O3S/c1-13(19)22-12-17(18(20)21)11-14-7-9-16(10-8-14)15-5-3-2-4-6-15/h2-11H,12H2,1H3,(H,20,21)/b17-11+. The summed E-state index contributed by atoms with van der Waals surface area (Å²) in [6.45, 7) is 1.43. The monoisotopic (exact) mass is 312 g/mol. The van der Waals surface area contributed by atoms with Crippen LogP contribution in [0.25, 0.3) is 17.2 Å². The van der Waals surface area contributed by atoms with Gasteiger partial charge in [0.15, 0.2) is 5.12 Å². The van der Waals surface area contributed by atoms with E-state index in [1.807, 2.05) is 54.6 Å². The maximum Gasteiger partial charge on any atom is 0.332 e. The first-order valence-electron chi connectivity index (χ1n) is 6.79. The van der Waals surface area contributed by atoms with Crippen LogP contribution in [-0.2, 0) is 9.59 Å². The molecule has 0 radical (unpaired) electrons. The Morgan fingerprint density at radius 1 is 1.00 bits per heavy atom. The summed E-state index contributed by atoms with van der Waals surface area (Å²) < 4.78 is 0. The summed E-state index contributed by atoms with van der Waals surface area (Å²) >= 11 is 0.999. The number of carbonyl (C=O) groups excluding carboxylic acids is 1. The van der Waals surface area contributed by atoms with Crippen LogP contribution >= 0.6 is 11.8 Å². The average Bonchev–Trinajstić information content (AvgIpc) is 2.52. The highest BCUT2D eigenvalue weighted by atomic mass is 32.2. The maximum absolute atomic E-state index is 11.2. The summed E-state index contributed by atoms with van der Waals surface area (Å²) in [6, 6.07) is 17.6. The Labute approximate surface area is 133 Å². The predicted molar refractivity (Wildman–Crippen MR) is 90.6 cm³/mol. The van der Waals surface area contributed by atoms with Gasteiger partial charge in [-0.3, -0.25) is 4.79 Å². The molecule has 0 heterocycles. The van der Waals surface area contributed by atoms with Gasteiger partial charge in [0.2, 0.25) is 0 Å². The quantitative estimate of drug-likeness (QED) is 0.844. The molecule has 1 N–H and O–H groups in total. The second-order valence-corrected chi connectivity index (χ2v) is 5.90. The van der Waals surface area contributed by atoms with Gasteiger partial charge in [0.1, 0.15) is 0 Å². The summed E-state index contributed by atoms with van der Waals surface area (Å²) in [5.41, 5.74) is 3.21. The SMILES string of the molecule is CC(=O)SC/C(=C\c1ccc(-c2ccccc2)cc1)C(=O)O. The van der Waals surface area contributed by atoms with Crippen LogP contribution in [0.5, 0.6) is 0 Å². The Bertz CT molecular complexity index is 688. The normalized spacial score (nSPS) is 11.2. The third-order valence-corrected chi connectivity index (χ3v) is 3.93. The number of thioether (sulfide) groups is 1. The predicted octanol–water partition coefficient (Wildman–Crippen LogP) is 4.10. The minimum Gasteiger partial charge on any atom is -0.478 e. The molecule has 0 amide bonds. The minimum atomic E-state index is -0.999. The van der Waals surface area contributed by atoms with Crippen LogP contribution < -0.4 is 0 Å². The lowest BCUT2D eigenvalue weighted by molar-refractivity contribution is -0.132. The third kappa shape index (κ3) is 4.60. The van der Waals surface area contributed by atoms with Crippen LogP contribution in [0, 0.1) is 0 Å². The van der Waals surface area contributed by atoms with Crippen molar-refractivity contribution in [3.05, 3.63) is 65.7 Å². The van der Waals surface area contributed by atoms with E-state index in [0.29, 0.717) is 0 Å². The summed E-state index contributed by atoms with van der Waals surface area (Å²) in [6.07, 6.45) is 1.60. The van der Waals surface area contributed by atoms with E-state index < -0.39 is 5.97 Å². The molecule has 2 aromatic rings. The Balaban J connectivity index is 2.19. The van der Waals surface area contributed by atoms with Crippen molar-refractivity contribution >= 4 is 28.9 Å². The summed E-state index contributed by atoms with van der Waals surface area (Å²) in [4.78, 5) is 22.2. The van der Waals surface area contributed by atoms with Crippen molar-refractivity contribution in [2.45, 2.75) is 6.92 Å². The number of hydrogen-bond acceptors (Lipinski definition) is 3. The summed E-state index contributed by atoms with van der Waals surface area (Å²) in [5.74, 6) is -0.827. The molecule has 0 saturated carbocycles. The first kappa shape index (κ1) is 16.0. The fourth-order valence-electron chi connectivity index (χ4n) is 1.95. The first-order valence-corrected chi connectivity index (χ1v) is 7.77. The van der Waals surface area contributed by atoms with E-state index in [1.54, 1.807) is 6.08 Å². The van der Waals surface area contributed by atoms with Crippen LogP contribution in [-0.4, -0.2) is 21.9 Å². The lowest BCUT2D eigenvalue weighted by Gasteiger charge is -2.04. The largest absolute Gasteiger partial charge is 0.478 e. The van der Waals surface area contributed by atoms with Crippen LogP contribution in [0.3, 0.4) is 0 Å². The van der Waals surface area contributed by atoms with E-state index in [2.05, 4.69) is 0 Å². The van der Waals surface area contributed by atoms with Gasteiger partial charge in [-0.1, -0.05) is 66.4 Å². The molecule has 0 aromatic heterocycles. The van der Waals surface area contributed by atoms with E-state index in [1.165, 1.54) is 6.92 Å². The molecule has 0 bridgehead atoms. The van der Waals surface area contributed by atoms with Gasteiger partial charge in [-0.05, 0) is 22.8 Å². The number of hydrogen-bond donors (Lipinski definition) is 1. The molecule has 0 saturated heterocycles. The second-order valence-electron chi connectivity index (χ2n) is 4.74. The molecule has 0 atom stereocenters. The molecule has 2 aromatic carbocycles. The molecule has 0 aliphatic rings. The van der Waals surface area contributed by atoms with Crippen LogP contribution in [0.4, 0.5) is 0 Å². The Morgan fingerprint density at radius 3 is 2.14 bits per heavy atom. The minimum absolute atomic E-state index is 0.0911. The lowest BCUT2D eigenvalue weighted by atomic mass is 10.0. The fraction of sp³-hybridized carbons (Fsp3) is 0.111. The lowest BCUT2D eigenvalue weighted by Crippen LogP contribution is -2.04. The van der Waals surface area contributed by atoms with Crippen molar-refractivity contribution in [3.8, 4) is 11.1 Å². The van der Waals surface area contributed by atoms with Gasteiger partial charge in [-0.15, -0.1) is 0 Å². The molecule has 0 fully saturated rings.